The molecule has 10 heteroatoms. The fourth-order valence-corrected chi connectivity index (χ4v) is 6.08. The van der Waals surface area contributed by atoms with E-state index in [0.717, 1.165) is 16.0 Å². The third-order valence-electron chi connectivity index (χ3n) is 6.55. The number of thiophene rings is 1. The number of amides is 1. The monoisotopic (exact) mass is 569 g/mol. The van der Waals surface area contributed by atoms with Gasteiger partial charge >= 0.3 is 0 Å². The number of halogens is 1. The largest absolute Gasteiger partial charge is 0.497 e. The normalized spacial score (nSPS) is 12.2. The molecule has 0 radical (unpaired) electrons. The summed E-state index contributed by atoms with van der Waals surface area (Å²) in [4.78, 5) is 28.8. The minimum Gasteiger partial charge on any atom is -0.497 e. The van der Waals surface area contributed by atoms with Gasteiger partial charge in [0.15, 0.2) is 0 Å². The maximum atomic E-state index is 13.4. The summed E-state index contributed by atoms with van der Waals surface area (Å²) in [6, 6.07) is 14.5. The molecule has 4 rings (SSSR count). The summed E-state index contributed by atoms with van der Waals surface area (Å²) in [5.41, 5.74) is 3.16. The van der Waals surface area contributed by atoms with Gasteiger partial charge in [0, 0.05) is 53.9 Å². The van der Waals surface area contributed by atoms with E-state index in [2.05, 4.69) is 5.32 Å². The molecule has 39 heavy (non-hydrogen) atoms. The van der Waals surface area contributed by atoms with Crippen LogP contribution in [0.4, 0.5) is 0 Å². The molecule has 0 bridgehead atoms. The molecule has 4 aromatic rings. The number of methoxy groups -OCH3 is 1. The number of aliphatic hydroxyl groups is 2. The second-order valence-electron chi connectivity index (χ2n) is 9.50. The van der Waals surface area contributed by atoms with Gasteiger partial charge in [-0.05, 0) is 42.4 Å². The van der Waals surface area contributed by atoms with Gasteiger partial charge in [-0.3, -0.25) is 14.5 Å². The number of aromatic nitrogens is 1. The van der Waals surface area contributed by atoms with Crippen LogP contribution < -0.4 is 15.5 Å². The lowest BCUT2D eigenvalue weighted by atomic mass is 10.1. The summed E-state index contributed by atoms with van der Waals surface area (Å²) < 4.78 is 7.55. The number of pyridine rings is 1. The van der Waals surface area contributed by atoms with Gasteiger partial charge in [-0.2, -0.15) is 0 Å². The average molecular weight is 570 g/mol. The van der Waals surface area contributed by atoms with E-state index in [1.54, 1.807) is 36.1 Å². The van der Waals surface area contributed by atoms with Crippen molar-refractivity contribution < 1.29 is 19.7 Å². The Morgan fingerprint density at radius 1 is 1.23 bits per heavy atom. The summed E-state index contributed by atoms with van der Waals surface area (Å²) in [5.74, 6) is 0.415. The number of aryl methyl sites for hydroxylation is 1. The van der Waals surface area contributed by atoms with E-state index in [9.17, 15) is 19.8 Å². The number of benzene rings is 2. The number of nitrogens with one attached hydrogen (secondary N) is 1. The third kappa shape index (κ3) is 6.87. The van der Waals surface area contributed by atoms with E-state index >= 15 is 0 Å². The van der Waals surface area contributed by atoms with E-state index in [4.69, 9.17) is 16.3 Å². The molecule has 2 heterocycles. The maximum Gasteiger partial charge on any atom is 0.224 e. The van der Waals surface area contributed by atoms with Crippen molar-refractivity contribution in [2.75, 3.05) is 20.7 Å². The molecule has 8 nitrogen and oxygen atoms in total. The highest BCUT2D eigenvalue weighted by Gasteiger charge is 2.21. The number of hydrogen-bond acceptors (Lipinski definition) is 7. The van der Waals surface area contributed by atoms with E-state index in [1.807, 2.05) is 49.3 Å². The second-order valence-corrected chi connectivity index (χ2v) is 11.0. The van der Waals surface area contributed by atoms with Crippen molar-refractivity contribution in [3.63, 3.8) is 0 Å². The minimum absolute atomic E-state index is 0.0511. The highest BCUT2D eigenvalue weighted by molar-refractivity contribution is 7.19. The molecule has 1 amide bonds. The predicted molar refractivity (Wildman–Crippen MR) is 154 cm³/mol. The van der Waals surface area contributed by atoms with Crippen LogP contribution in [-0.4, -0.2) is 46.3 Å². The van der Waals surface area contributed by atoms with Crippen molar-refractivity contribution in [3.8, 4) is 5.75 Å². The van der Waals surface area contributed by atoms with Crippen molar-refractivity contribution in [2.24, 2.45) is 7.05 Å². The SMILES string of the molecule is COc1cccc(C(O)CN(C)Cc2sc3c(=O)c(CC(=O)NCc4ccc(Cl)cc4)cn(C)c3c2CO)c1. The molecule has 0 aliphatic rings. The first-order valence-electron chi connectivity index (χ1n) is 12.5. The summed E-state index contributed by atoms with van der Waals surface area (Å²) in [6.07, 6.45) is 0.879. The zero-order valence-corrected chi connectivity index (χ0v) is 23.7. The van der Waals surface area contributed by atoms with Crippen LogP contribution in [0.5, 0.6) is 5.75 Å². The van der Waals surface area contributed by atoms with Crippen molar-refractivity contribution in [1.82, 2.24) is 14.8 Å². The Kier molecular flexibility index (Phi) is 9.42. The fraction of sp³-hybridized carbons (Fsp3) is 0.310. The van der Waals surface area contributed by atoms with Crippen LogP contribution in [0.25, 0.3) is 10.2 Å². The number of ether oxygens (including phenoxy) is 1. The molecule has 1 unspecified atom stereocenters. The highest BCUT2D eigenvalue weighted by Crippen LogP contribution is 2.31. The predicted octanol–water partition coefficient (Wildman–Crippen LogP) is 3.78. The summed E-state index contributed by atoms with van der Waals surface area (Å²) >= 11 is 7.23. The zero-order chi connectivity index (χ0) is 28.1. The van der Waals surface area contributed by atoms with Gasteiger partial charge in [0.2, 0.25) is 11.3 Å². The van der Waals surface area contributed by atoms with Gasteiger partial charge in [-0.15, -0.1) is 11.3 Å². The lowest BCUT2D eigenvalue weighted by molar-refractivity contribution is -0.120. The Balaban J connectivity index is 1.50. The Morgan fingerprint density at radius 2 is 1.97 bits per heavy atom. The molecule has 3 N–H and O–H groups in total. The zero-order valence-electron chi connectivity index (χ0n) is 22.1. The lowest BCUT2D eigenvalue weighted by Crippen LogP contribution is -2.27. The van der Waals surface area contributed by atoms with Gasteiger partial charge in [-0.1, -0.05) is 35.9 Å². The van der Waals surface area contributed by atoms with Crippen LogP contribution in [-0.2, 0) is 38.0 Å². The second kappa shape index (κ2) is 12.8. The Morgan fingerprint density at radius 3 is 2.67 bits per heavy atom. The number of hydrogen-bond donors (Lipinski definition) is 3. The molecule has 2 aromatic heterocycles. The summed E-state index contributed by atoms with van der Waals surface area (Å²) in [6.45, 7) is 0.897. The molecule has 0 saturated carbocycles. The summed E-state index contributed by atoms with van der Waals surface area (Å²) in [5, 5.41) is 24.4. The van der Waals surface area contributed by atoms with Crippen molar-refractivity contribution in [3.05, 3.63) is 97.1 Å². The van der Waals surface area contributed by atoms with Gasteiger partial charge in [0.25, 0.3) is 0 Å². The van der Waals surface area contributed by atoms with Crippen molar-refractivity contribution in [1.29, 1.82) is 0 Å². The minimum atomic E-state index is -0.735. The van der Waals surface area contributed by atoms with Crippen LogP contribution in [0.1, 0.15) is 33.2 Å². The third-order valence-corrected chi connectivity index (χ3v) is 8.01. The number of nitrogens with zero attached hydrogens (tertiary/aromatic N) is 2. The van der Waals surface area contributed by atoms with Gasteiger partial charge in [0.05, 0.1) is 36.5 Å². The van der Waals surface area contributed by atoms with Gasteiger partial charge in [-0.25, -0.2) is 0 Å². The van der Waals surface area contributed by atoms with Crippen LogP contribution >= 0.6 is 22.9 Å². The van der Waals surface area contributed by atoms with E-state index in [1.165, 1.54) is 11.3 Å². The molecule has 206 valence electrons. The highest BCUT2D eigenvalue weighted by atomic mass is 35.5. The molecule has 0 fully saturated rings. The number of rotatable bonds is 11. The smallest absolute Gasteiger partial charge is 0.224 e. The van der Waals surface area contributed by atoms with E-state index in [-0.39, 0.29) is 24.4 Å². The standard InChI is InChI=1S/C29H32ClN3O5S/c1-32(15-24(35)19-5-4-6-22(11-19)38-3)16-25-23(17-34)27-29(39-25)28(37)20(14-33(27)2)12-26(36)31-13-18-7-9-21(30)10-8-18/h4-11,14,24,34-35H,12-13,15-17H2,1-3H3,(H,31,36). The Labute approximate surface area is 236 Å². The topological polar surface area (TPSA) is 104 Å². The molecular weight excluding hydrogens is 538 g/mol. The average Bonchev–Trinajstić information content (AvgIpc) is 3.29. The first-order valence-corrected chi connectivity index (χ1v) is 13.6. The molecular formula is C29H32ClN3O5S. The quantitative estimate of drug-likeness (QED) is 0.254. The number of carbonyl (C=O) groups excluding carboxylic acids is 1. The number of aliphatic hydroxyl groups excluding tert-OH is 2. The number of carbonyl (C=O) groups is 1. The van der Waals surface area contributed by atoms with Crippen molar-refractivity contribution in [2.45, 2.75) is 32.2 Å². The van der Waals surface area contributed by atoms with Crippen LogP contribution in [0.3, 0.4) is 0 Å². The summed E-state index contributed by atoms with van der Waals surface area (Å²) in [7, 11) is 5.27. The Bertz CT molecular complexity index is 1520. The van der Waals surface area contributed by atoms with Gasteiger partial charge in [0.1, 0.15) is 5.75 Å². The lowest BCUT2D eigenvalue weighted by Gasteiger charge is -2.21. The molecule has 0 aliphatic heterocycles. The number of likely N-dealkylation sites (N-methyl/N-ethyl adjacent to an activating group) is 1. The molecule has 1 atom stereocenters. The maximum absolute atomic E-state index is 13.4. The van der Waals surface area contributed by atoms with Crippen LogP contribution in [0.2, 0.25) is 5.02 Å². The van der Waals surface area contributed by atoms with Gasteiger partial charge < -0.3 is 24.8 Å². The molecule has 0 saturated heterocycles. The first-order chi connectivity index (χ1) is 18.7. The van der Waals surface area contributed by atoms with E-state index in [0.29, 0.717) is 51.7 Å². The van der Waals surface area contributed by atoms with Crippen molar-refractivity contribution >= 4 is 39.1 Å². The Hall–Kier alpha value is -3.21. The fourth-order valence-electron chi connectivity index (χ4n) is 4.55. The molecule has 0 aliphatic carbocycles. The van der Waals surface area contributed by atoms with Crippen LogP contribution in [0.15, 0.2) is 59.5 Å². The number of fused-ring (bicyclic) bond motifs is 1. The van der Waals surface area contributed by atoms with E-state index < -0.39 is 6.10 Å². The first kappa shape index (κ1) is 28.8. The van der Waals surface area contributed by atoms with Crippen LogP contribution in [0, 0.1) is 0 Å². The molecule has 2 aromatic carbocycles. The molecule has 0 spiro atoms.